The van der Waals surface area contributed by atoms with Gasteiger partial charge >= 0.3 is 6.03 Å². The van der Waals surface area contributed by atoms with Gasteiger partial charge in [0.15, 0.2) is 0 Å². The molecule has 2 amide bonds. The quantitative estimate of drug-likeness (QED) is 0.271. The SMILES string of the molecule is CC(C)(C)c1cc(NC(=O)Nc2ccc(Oc3ccnc(N)c3)cc2)n(-c2ccc(Cl)c(Cl)c2)n1. The summed E-state index contributed by atoms with van der Waals surface area (Å²) in [6.45, 7) is 6.13. The molecule has 0 atom stereocenters. The molecule has 0 spiro atoms. The van der Waals surface area contributed by atoms with Gasteiger partial charge in [-0.05, 0) is 48.5 Å². The van der Waals surface area contributed by atoms with E-state index in [9.17, 15) is 4.79 Å². The third-order valence-corrected chi connectivity index (χ3v) is 5.71. The molecule has 0 aliphatic rings. The van der Waals surface area contributed by atoms with Crippen LogP contribution >= 0.6 is 23.2 Å². The molecule has 8 nitrogen and oxygen atoms in total. The van der Waals surface area contributed by atoms with E-state index in [4.69, 9.17) is 33.7 Å². The highest BCUT2D eigenvalue weighted by Gasteiger charge is 2.22. The number of carbonyl (C=O) groups is 1. The van der Waals surface area contributed by atoms with Crippen molar-refractivity contribution in [3.05, 3.63) is 82.6 Å². The summed E-state index contributed by atoms with van der Waals surface area (Å²) in [6.07, 6.45) is 1.57. The van der Waals surface area contributed by atoms with Crippen LogP contribution in [0.4, 0.5) is 22.1 Å². The molecule has 4 N–H and O–H groups in total. The summed E-state index contributed by atoms with van der Waals surface area (Å²) in [7, 11) is 0. The number of halogens is 2. The maximum Gasteiger partial charge on any atom is 0.324 e. The minimum absolute atomic E-state index is 0.232. The summed E-state index contributed by atoms with van der Waals surface area (Å²) in [6, 6.07) is 16.8. The third kappa shape index (κ3) is 6.03. The van der Waals surface area contributed by atoms with Gasteiger partial charge in [-0.2, -0.15) is 5.10 Å². The number of nitrogen functional groups attached to an aromatic ring is 1. The van der Waals surface area contributed by atoms with Crippen LogP contribution in [0.3, 0.4) is 0 Å². The van der Waals surface area contributed by atoms with Crippen molar-refractivity contribution in [3.8, 4) is 17.2 Å². The van der Waals surface area contributed by atoms with E-state index in [1.807, 2.05) is 26.8 Å². The minimum Gasteiger partial charge on any atom is -0.457 e. The molecule has 0 saturated carbocycles. The molecule has 180 valence electrons. The average molecular weight is 511 g/mol. The summed E-state index contributed by atoms with van der Waals surface area (Å²) in [5.41, 5.74) is 7.50. The predicted octanol–water partition coefficient (Wildman–Crippen LogP) is 6.89. The Balaban J connectivity index is 1.50. The number of pyridine rings is 1. The van der Waals surface area contributed by atoms with Crippen LogP contribution in [0.5, 0.6) is 11.5 Å². The first kappa shape index (κ1) is 24.4. The Hall–Kier alpha value is -3.75. The van der Waals surface area contributed by atoms with E-state index < -0.39 is 6.03 Å². The first-order chi connectivity index (χ1) is 16.6. The van der Waals surface area contributed by atoms with Crippen molar-refractivity contribution in [2.75, 3.05) is 16.4 Å². The van der Waals surface area contributed by atoms with Crippen molar-refractivity contribution < 1.29 is 9.53 Å². The van der Waals surface area contributed by atoms with Crippen LogP contribution in [-0.4, -0.2) is 20.8 Å². The molecule has 0 aliphatic carbocycles. The van der Waals surface area contributed by atoms with E-state index in [1.54, 1.807) is 65.5 Å². The number of amides is 2. The summed E-state index contributed by atoms with van der Waals surface area (Å²) in [5.74, 6) is 2.02. The number of hydrogen-bond donors (Lipinski definition) is 3. The lowest BCUT2D eigenvalue weighted by atomic mass is 9.92. The number of hydrogen-bond acceptors (Lipinski definition) is 5. The Morgan fingerprint density at radius 2 is 1.69 bits per heavy atom. The van der Waals surface area contributed by atoms with Gasteiger partial charge in [0.25, 0.3) is 0 Å². The van der Waals surface area contributed by atoms with Crippen molar-refractivity contribution in [2.24, 2.45) is 0 Å². The monoisotopic (exact) mass is 510 g/mol. The summed E-state index contributed by atoms with van der Waals surface area (Å²) >= 11 is 12.3. The smallest absolute Gasteiger partial charge is 0.324 e. The van der Waals surface area contributed by atoms with Crippen molar-refractivity contribution in [1.29, 1.82) is 0 Å². The maximum absolute atomic E-state index is 12.8. The topological polar surface area (TPSA) is 107 Å². The number of anilines is 3. The van der Waals surface area contributed by atoms with E-state index in [2.05, 4.69) is 20.7 Å². The predicted molar refractivity (Wildman–Crippen MR) is 140 cm³/mol. The first-order valence-electron chi connectivity index (χ1n) is 10.7. The number of urea groups is 1. The van der Waals surface area contributed by atoms with Crippen molar-refractivity contribution in [3.63, 3.8) is 0 Å². The second kappa shape index (κ2) is 9.85. The Bertz CT molecular complexity index is 1360. The van der Waals surface area contributed by atoms with Crippen LogP contribution in [0.15, 0.2) is 66.9 Å². The Morgan fingerprint density at radius 3 is 2.34 bits per heavy atom. The number of nitrogens with two attached hydrogens (primary N) is 1. The van der Waals surface area contributed by atoms with Crippen LogP contribution in [0, 0.1) is 0 Å². The molecule has 2 aromatic heterocycles. The largest absolute Gasteiger partial charge is 0.457 e. The van der Waals surface area contributed by atoms with Crippen molar-refractivity contribution in [2.45, 2.75) is 26.2 Å². The number of carbonyl (C=O) groups excluding carboxylic acids is 1. The van der Waals surface area contributed by atoms with Crippen LogP contribution in [0.25, 0.3) is 5.69 Å². The van der Waals surface area contributed by atoms with Crippen LogP contribution in [-0.2, 0) is 5.41 Å². The van der Waals surface area contributed by atoms with Gasteiger partial charge in [-0.15, -0.1) is 0 Å². The van der Waals surface area contributed by atoms with Gasteiger partial charge in [0.1, 0.15) is 23.1 Å². The van der Waals surface area contributed by atoms with E-state index >= 15 is 0 Å². The molecule has 0 bridgehead atoms. The molecular formula is C25H24Cl2N6O2. The molecule has 2 heterocycles. The fourth-order valence-corrected chi connectivity index (χ4v) is 3.46. The number of rotatable bonds is 5. The fourth-order valence-electron chi connectivity index (χ4n) is 3.16. The Labute approximate surface area is 213 Å². The molecule has 0 unspecified atom stereocenters. The van der Waals surface area contributed by atoms with E-state index in [-0.39, 0.29) is 5.41 Å². The Morgan fingerprint density at radius 1 is 0.943 bits per heavy atom. The molecule has 2 aromatic carbocycles. The van der Waals surface area contributed by atoms with Gasteiger partial charge in [0, 0.05) is 29.4 Å². The Kier molecular flexibility index (Phi) is 6.86. The highest BCUT2D eigenvalue weighted by Crippen LogP contribution is 2.30. The molecule has 0 saturated heterocycles. The number of nitrogens with zero attached hydrogens (tertiary/aromatic N) is 3. The zero-order valence-electron chi connectivity index (χ0n) is 19.3. The molecule has 4 aromatic rings. The van der Waals surface area contributed by atoms with Gasteiger partial charge in [0.2, 0.25) is 0 Å². The standard InChI is InChI=1S/C25H24Cl2N6O2/c1-25(2,3)21-14-23(33(32-21)16-6-9-19(26)20(27)12-16)31-24(34)30-15-4-7-17(8-5-15)35-18-10-11-29-22(28)13-18/h4-14H,1-3H3,(H2,28,29)(H2,30,31,34). The maximum atomic E-state index is 12.8. The summed E-state index contributed by atoms with van der Waals surface area (Å²) < 4.78 is 7.38. The summed E-state index contributed by atoms with van der Waals surface area (Å²) in [4.78, 5) is 16.7. The highest BCUT2D eigenvalue weighted by atomic mass is 35.5. The average Bonchev–Trinajstić information content (AvgIpc) is 3.21. The van der Waals surface area contributed by atoms with E-state index in [0.717, 1.165) is 5.69 Å². The molecule has 35 heavy (non-hydrogen) atoms. The normalized spacial score (nSPS) is 11.2. The van der Waals surface area contributed by atoms with Crippen molar-refractivity contribution >= 4 is 46.6 Å². The second-order valence-electron chi connectivity index (χ2n) is 8.80. The van der Waals surface area contributed by atoms with E-state index in [0.29, 0.717) is 44.6 Å². The molecule has 0 fully saturated rings. The fraction of sp³-hybridized carbons (Fsp3) is 0.160. The van der Waals surface area contributed by atoms with Gasteiger partial charge in [-0.25, -0.2) is 14.5 Å². The molecule has 0 radical (unpaired) electrons. The molecule has 0 aliphatic heterocycles. The third-order valence-electron chi connectivity index (χ3n) is 4.97. The summed E-state index contributed by atoms with van der Waals surface area (Å²) in [5, 5.41) is 11.2. The molecular weight excluding hydrogens is 487 g/mol. The highest BCUT2D eigenvalue weighted by molar-refractivity contribution is 6.42. The second-order valence-corrected chi connectivity index (χ2v) is 9.61. The van der Waals surface area contributed by atoms with Crippen molar-refractivity contribution in [1.82, 2.24) is 14.8 Å². The van der Waals surface area contributed by atoms with Gasteiger partial charge < -0.3 is 15.8 Å². The van der Waals surface area contributed by atoms with Gasteiger partial charge in [0.05, 0.1) is 21.4 Å². The zero-order chi connectivity index (χ0) is 25.2. The van der Waals surface area contributed by atoms with Gasteiger partial charge in [-0.3, -0.25) is 5.32 Å². The van der Waals surface area contributed by atoms with Crippen LogP contribution in [0.2, 0.25) is 10.0 Å². The zero-order valence-corrected chi connectivity index (χ0v) is 20.9. The minimum atomic E-state index is -0.428. The number of benzene rings is 2. The number of aromatic nitrogens is 3. The van der Waals surface area contributed by atoms with Crippen LogP contribution < -0.4 is 21.1 Å². The lowest BCUT2D eigenvalue weighted by Crippen LogP contribution is -2.21. The first-order valence-corrected chi connectivity index (χ1v) is 11.5. The number of ether oxygens (including phenoxy) is 1. The molecule has 4 rings (SSSR count). The lowest BCUT2D eigenvalue weighted by Gasteiger charge is -2.14. The molecule has 10 heteroatoms. The van der Waals surface area contributed by atoms with E-state index in [1.165, 1.54) is 0 Å². The lowest BCUT2D eigenvalue weighted by molar-refractivity contribution is 0.262. The number of nitrogens with one attached hydrogen (secondary N) is 2. The van der Waals surface area contributed by atoms with Crippen LogP contribution in [0.1, 0.15) is 26.5 Å². The van der Waals surface area contributed by atoms with Gasteiger partial charge in [-0.1, -0.05) is 44.0 Å².